The number of benzene rings is 1. The average molecular weight is 285 g/mol. The number of methoxy groups -OCH3 is 1. The second-order valence-corrected chi connectivity index (χ2v) is 5.11. The molecule has 2 aromatic rings. The van der Waals surface area contributed by atoms with Gasteiger partial charge in [-0.25, -0.2) is 9.97 Å². The average Bonchev–Trinajstić information content (AvgIpc) is 2.50. The molecule has 1 aromatic carbocycles. The van der Waals surface area contributed by atoms with Crippen molar-refractivity contribution in [3.8, 4) is 17.1 Å². The second kappa shape index (κ2) is 7.18. The standard InChI is InChI=1S/C17H23N3O/c1-5-9-18-11-16-12(2)19-17(20-13(16)3)14-7-6-8-15(10-14)21-4/h6-8,10,18H,5,9,11H2,1-4H3. The van der Waals surface area contributed by atoms with Gasteiger partial charge in [0.15, 0.2) is 5.82 Å². The van der Waals surface area contributed by atoms with E-state index in [1.807, 2.05) is 38.1 Å². The van der Waals surface area contributed by atoms with Crippen molar-refractivity contribution in [1.29, 1.82) is 0 Å². The van der Waals surface area contributed by atoms with Gasteiger partial charge in [-0.05, 0) is 38.9 Å². The van der Waals surface area contributed by atoms with Crippen LogP contribution in [0.25, 0.3) is 11.4 Å². The highest BCUT2D eigenvalue weighted by molar-refractivity contribution is 5.58. The maximum absolute atomic E-state index is 5.26. The van der Waals surface area contributed by atoms with E-state index in [-0.39, 0.29) is 0 Å². The molecule has 0 saturated carbocycles. The van der Waals surface area contributed by atoms with Gasteiger partial charge in [-0.1, -0.05) is 19.1 Å². The van der Waals surface area contributed by atoms with Crippen molar-refractivity contribution < 1.29 is 4.74 Å². The summed E-state index contributed by atoms with van der Waals surface area (Å²) in [4.78, 5) is 9.30. The van der Waals surface area contributed by atoms with Crippen molar-refractivity contribution in [3.63, 3.8) is 0 Å². The molecule has 0 saturated heterocycles. The molecule has 4 nitrogen and oxygen atoms in total. The molecule has 0 bridgehead atoms. The van der Waals surface area contributed by atoms with Gasteiger partial charge in [-0.2, -0.15) is 0 Å². The van der Waals surface area contributed by atoms with Gasteiger partial charge in [0.25, 0.3) is 0 Å². The van der Waals surface area contributed by atoms with Crippen LogP contribution in [-0.2, 0) is 6.54 Å². The molecule has 0 amide bonds. The summed E-state index contributed by atoms with van der Waals surface area (Å²) in [5.41, 5.74) is 4.23. The van der Waals surface area contributed by atoms with Crippen molar-refractivity contribution >= 4 is 0 Å². The fourth-order valence-electron chi connectivity index (χ4n) is 2.28. The van der Waals surface area contributed by atoms with Crippen molar-refractivity contribution in [2.75, 3.05) is 13.7 Å². The minimum atomic E-state index is 0.753. The summed E-state index contributed by atoms with van der Waals surface area (Å²) >= 11 is 0. The van der Waals surface area contributed by atoms with E-state index in [2.05, 4.69) is 22.2 Å². The fraction of sp³-hybridized carbons (Fsp3) is 0.412. The van der Waals surface area contributed by atoms with Crippen LogP contribution in [0.3, 0.4) is 0 Å². The van der Waals surface area contributed by atoms with E-state index in [0.29, 0.717) is 0 Å². The van der Waals surface area contributed by atoms with Crippen LogP contribution in [0.4, 0.5) is 0 Å². The molecular formula is C17H23N3O. The van der Waals surface area contributed by atoms with Gasteiger partial charge in [0.1, 0.15) is 5.75 Å². The summed E-state index contributed by atoms with van der Waals surface area (Å²) in [6.45, 7) is 8.08. The Balaban J connectivity index is 2.30. The van der Waals surface area contributed by atoms with Crippen LogP contribution in [0, 0.1) is 13.8 Å². The van der Waals surface area contributed by atoms with Gasteiger partial charge in [0.2, 0.25) is 0 Å². The number of nitrogens with one attached hydrogen (secondary N) is 1. The molecule has 0 fully saturated rings. The molecule has 1 N–H and O–H groups in total. The topological polar surface area (TPSA) is 47.0 Å². The van der Waals surface area contributed by atoms with Gasteiger partial charge in [0, 0.05) is 29.1 Å². The lowest BCUT2D eigenvalue weighted by Gasteiger charge is -2.12. The molecular weight excluding hydrogens is 262 g/mol. The number of rotatable bonds is 6. The number of hydrogen-bond acceptors (Lipinski definition) is 4. The SMILES string of the molecule is CCCNCc1c(C)nc(-c2cccc(OC)c2)nc1C. The number of nitrogens with zero attached hydrogens (tertiary/aromatic N) is 2. The lowest BCUT2D eigenvalue weighted by atomic mass is 10.1. The van der Waals surface area contributed by atoms with Crippen LogP contribution in [-0.4, -0.2) is 23.6 Å². The summed E-state index contributed by atoms with van der Waals surface area (Å²) in [7, 11) is 1.67. The summed E-state index contributed by atoms with van der Waals surface area (Å²) in [5.74, 6) is 1.57. The molecule has 0 unspecified atom stereocenters. The molecule has 2 rings (SSSR count). The number of aromatic nitrogens is 2. The summed E-state index contributed by atoms with van der Waals surface area (Å²) in [6, 6.07) is 7.85. The largest absolute Gasteiger partial charge is 0.497 e. The molecule has 1 aromatic heterocycles. The Kier molecular flexibility index (Phi) is 5.28. The Morgan fingerprint density at radius 3 is 2.48 bits per heavy atom. The predicted octanol–water partition coefficient (Wildman–Crippen LogP) is 3.27. The summed E-state index contributed by atoms with van der Waals surface area (Å²) in [5, 5.41) is 3.41. The minimum Gasteiger partial charge on any atom is -0.497 e. The van der Waals surface area contributed by atoms with Crippen LogP contribution < -0.4 is 10.1 Å². The molecule has 1 heterocycles. The van der Waals surface area contributed by atoms with Crippen LogP contribution >= 0.6 is 0 Å². The molecule has 0 spiro atoms. The molecule has 112 valence electrons. The lowest BCUT2D eigenvalue weighted by molar-refractivity contribution is 0.415. The Bertz CT molecular complexity index is 588. The highest BCUT2D eigenvalue weighted by Gasteiger charge is 2.10. The summed E-state index contributed by atoms with van der Waals surface area (Å²) < 4.78 is 5.26. The van der Waals surface area contributed by atoms with E-state index < -0.39 is 0 Å². The van der Waals surface area contributed by atoms with Gasteiger partial charge in [-0.15, -0.1) is 0 Å². The van der Waals surface area contributed by atoms with Crippen LogP contribution in [0.5, 0.6) is 5.75 Å². The fourth-order valence-corrected chi connectivity index (χ4v) is 2.28. The molecule has 21 heavy (non-hydrogen) atoms. The highest BCUT2D eigenvalue weighted by Crippen LogP contribution is 2.22. The minimum absolute atomic E-state index is 0.753. The van der Waals surface area contributed by atoms with E-state index in [1.54, 1.807) is 7.11 Å². The zero-order valence-electron chi connectivity index (χ0n) is 13.2. The van der Waals surface area contributed by atoms with Crippen molar-refractivity contribution in [1.82, 2.24) is 15.3 Å². The monoisotopic (exact) mass is 285 g/mol. The third-order valence-corrected chi connectivity index (χ3v) is 3.48. The van der Waals surface area contributed by atoms with E-state index in [9.17, 15) is 0 Å². The summed E-state index contributed by atoms with van der Waals surface area (Å²) in [6.07, 6.45) is 1.13. The third kappa shape index (κ3) is 3.79. The van der Waals surface area contributed by atoms with E-state index in [1.165, 1.54) is 5.56 Å². The van der Waals surface area contributed by atoms with E-state index in [4.69, 9.17) is 4.74 Å². The molecule has 0 radical (unpaired) electrons. The zero-order valence-corrected chi connectivity index (χ0v) is 13.2. The van der Waals surface area contributed by atoms with Crippen molar-refractivity contribution in [2.45, 2.75) is 33.7 Å². The van der Waals surface area contributed by atoms with Crippen molar-refractivity contribution in [3.05, 3.63) is 41.2 Å². The molecule has 0 atom stereocenters. The molecule has 4 heteroatoms. The predicted molar refractivity (Wildman–Crippen MR) is 85.5 cm³/mol. The Labute approximate surface area is 126 Å². The lowest BCUT2D eigenvalue weighted by Crippen LogP contribution is -2.17. The quantitative estimate of drug-likeness (QED) is 0.828. The van der Waals surface area contributed by atoms with Crippen LogP contribution in [0.2, 0.25) is 0 Å². The number of hydrogen-bond donors (Lipinski definition) is 1. The first-order chi connectivity index (χ1) is 10.2. The third-order valence-electron chi connectivity index (χ3n) is 3.48. The first-order valence-electron chi connectivity index (χ1n) is 7.35. The number of ether oxygens (including phenoxy) is 1. The van der Waals surface area contributed by atoms with Gasteiger partial charge < -0.3 is 10.1 Å². The maximum Gasteiger partial charge on any atom is 0.159 e. The van der Waals surface area contributed by atoms with Crippen LogP contribution in [0.1, 0.15) is 30.3 Å². The second-order valence-electron chi connectivity index (χ2n) is 5.11. The van der Waals surface area contributed by atoms with Crippen molar-refractivity contribution in [2.24, 2.45) is 0 Å². The normalized spacial score (nSPS) is 10.7. The van der Waals surface area contributed by atoms with E-state index in [0.717, 1.165) is 48.0 Å². The molecule has 0 aliphatic heterocycles. The molecule has 0 aliphatic rings. The van der Waals surface area contributed by atoms with Crippen LogP contribution in [0.15, 0.2) is 24.3 Å². The Hall–Kier alpha value is -1.94. The first kappa shape index (κ1) is 15.4. The van der Waals surface area contributed by atoms with E-state index >= 15 is 0 Å². The van der Waals surface area contributed by atoms with Gasteiger partial charge in [-0.3, -0.25) is 0 Å². The maximum atomic E-state index is 5.26. The zero-order chi connectivity index (χ0) is 15.2. The van der Waals surface area contributed by atoms with Gasteiger partial charge >= 0.3 is 0 Å². The van der Waals surface area contributed by atoms with Gasteiger partial charge in [0.05, 0.1) is 7.11 Å². The Morgan fingerprint density at radius 1 is 1.14 bits per heavy atom. The first-order valence-corrected chi connectivity index (χ1v) is 7.35. The molecule has 0 aliphatic carbocycles. The smallest absolute Gasteiger partial charge is 0.159 e. The highest BCUT2D eigenvalue weighted by atomic mass is 16.5. The Morgan fingerprint density at radius 2 is 1.86 bits per heavy atom. The number of aryl methyl sites for hydroxylation is 2.